The van der Waals surface area contributed by atoms with Gasteiger partial charge in [-0.1, -0.05) is 37.6 Å². The maximum absolute atomic E-state index is 12.9. The van der Waals surface area contributed by atoms with E-state index in [4.69, 9.17) is 16.0 Å². The Morgan fingerprint density at radius 1 is 1.13 bits per heavy atom. The molecule has 3 rings (SSSR count). The highest BCUT2D eigenvalue weighted by Gasteiger charge is 2.30. The van der Waals surface area contributed by atoms with Crippen molar-refractivity contribution in [1.29, 1.82) is 0 Å². The lowest BCUT2D eigenvalue weighted by molar-refractivity contribution is -0.137. The van der Waals surface area contributed by atoms with Gasteiger partial charge in [0.25, 0.3) is 0 Å². The van der Waals surface area contributed by atoms with Crippen molar-refractivity contribution in [3.8, 4) is 11.5 Å². The number of benzene rings is 2. The van der Waals surface area contributed by atoms with E-state index in [1.807, 2.05) is 26.0 Å². The van der Waals surface area contributed by atoms with Gasteiger partial charge >= 0.3 is 6.18 Å². The highest BCUT2D eigenvalue weighted by molar-refractivity contribution is 6.32. The predicted molar refractivity (Wildman–Crippen MR) is 112 cm³/mol. The zero-order valence-electron chi connectivity index (χ0n) is 17.0. The average Bonchev–Trinajstić information content (AvgIpc) is 3.21. The summed E-state index contributed by atoms with van der Waals surface area (Å²) in [6, 6.07) is 8.35. The number of amides is 1. The van der Waals surface area contributed by atoms with E-state index in [0.29, 0.717) is 11.4 Å². The third kappa shape index (κ3) is 5.44. The Bertz CT molecular complexity index is 1080. The highest BCUT2D eigenvalue weighted by Crippen LogP contribution is 2.32. The van der Waals surface area contributed by atoms with E-state index in [0.717, 1.165) is 35.4 Å². The zero-order chi connectivity index (χ0) is 22.6. The van der Waals surface area contributed by atoms with E-state index < -0.39 is 11.7 Å². The molecule has 164 valence electrons. The van der Waals surface area contributed by atoms with Crippen molar-refractivity contribution in [3.05, 3.63) is 64.0 Å². The lowest BCUT2D eigenvalue weighted by Gasteiger charge is -2.15. The van der Waals surface area contributed by atoms with Gasteiger partial charge < -0.3 is 9.73 Å². The Kier molecular flexibility index (Phi) is 7.00. The highest BCUT2D eigenvalue weighted by atomic mass is 35.5. The summed E-state index contributed by atoms with van der Waals surface area (Å²) in [6.45, 7) is 3.95. The fraction of sp³-hybridized carbons (Fsp3) is 0.318. The summed E-state index contributed by atoms with van der Waals surface area (Å²) in [4.78, 5) is 12.5. The number of aryl methyl sites for hydroxylation is 2. The molecule has 0 aliphatic rings. The summed E-state index contributed by atoms with van der Waals surface area (Å²) in [5, 5.41) is 11.2. The van der Waals surface area contributed by atoms with Crippen LogP contribution in [0.1, 0.15) is 42.8 Å². The van der Waals surface area contributed by atoms with Crippen LogP contribution in [0.2, 0.25) is 5.02 Å². The van der Waals surface area contributed by atoms with Crippen molar-refractivity contribution in [2.24, 2.45) is 0 Å². The molecule has 0 aliphatic heterocycles. The van der Waals surface area contributed by atoms with Crippen molar-refractivity contribution in [2.75, 3.05) is 5.32 Å². The van der Waals surface area contributed by atoms with Crippen LogP contribution in [0, 0.1) is 0 Å². The molecule has 1 aromatic heterocycles. The molecule has 0 radical (unpaired) electrons. The Morgan fingerprint density at radius 3 is 2.58 bits per heavy atom. The van der Waals surface area contributed by atoms with Crippen LogP contribution in [-0.4, -0.2) is 16.1 Å². The Labute approximate surface area is 182 Å². The van der Waals surface area contributed by atoms with Crippen molar-refractivity contribution in [3.63, 3.8) is 0 Å². The first-order valence-electron chi connectivity index (χ1n) is 9.83. The summed E-state index contributed by atoms with van der Waals surface area (Å²) in [5.41, 5.74) is 1.94. The third-order valence-corrected chi connectivity index (χ3v) is 5.16. The monoisotopic (exact) mass is 451 g/mol. The number of carbonyl (C=O) groups is 1. The summed E-state index contributed by atoms with van der Waals surface area (Å²) in [7, 11) is 0. The maximum Gasteiger partial charge on any atom is 0.416 e. The van der Waals surface area contributed by atoms with Gasteiger partial charge in [0.05, 0.1) is 5.56 Å². The number of carbonyl (C=O) groups excluding carboxylic acids is 1. The molecule has 0 spiro atoms. The molecule has 2 aromatic carbocycles. The minimum atomic E-state index is -4.47. The second-order valence-corrected chi connectivity index (χ2v) is 7.30. The largest absolute Gasteiger partial charge is 0.421 e. The van der Waals surface area contributed by atoms with Crippen LogP contribution < -0.4 is 5.32 Å². The van der Waals surface area contributed by atoms with E-state index in [1.165, 1.54) is 12.1 Å². The zero-order valence-corrected chi connectivity index (χ0v) is 17.8. The molecular formula is C22H21ClF3N3O2. The topological polar surface area (TPSA) is 68.0 Å². The molecule has 3 aromatic rings. The molecule has 1 amide bonds. The molecular weight excluding hydrogens is 431 g/mol. The molecule has 0 unspecified atom stereocenters. The van der Waals surface area contributed by atoms with Gasteiger partial charge in [0.2, 0.25) is 17.7 Å². The van der Waals surface area contributed by atoms with Gasteiger partial charge in [-0.3, -0.25) is 4.79 Å². The number of hydrogen-bond donors (Lipinski definition) is 1. The van der Waals surface area contributed by atoms with E-state index >= 15 is 0 Å². The fourth-order valence-electron chi connectivity index (χ4n) is 3.19. The molecule has 1 heterocycles. The lowest BCUT2D eigenvalue weighted by Crippen LogP contribution is -2.15. The standard InChI is InChI=1S/C22H21ClF3N3O2/c1-3-13-8-9-17(23)16(4-2)20(13)27-18(30)10-11-19-28-29-21(31-19)14-6-5-7-15(12-14)22(24,25)26/h5-9,12H,3-4,10-11H2,1-2H3,(H,27,30). The minimum Gasteiger partial charge on any atom is -0.421 e. The van der Waals surface area contributed by atoms with Crippen LogP contribution in [0.15, 0.2) is 40.8 Å². The molecule has 9 heteroatoms. The van der Waals surface area contributed by atoms with Gasteiger partial charge in [-0.05, 0) is 48.2 Å². The number of halogens is 4. The number of anilines is 1. The quantitative estimate of drug-likeness (QED) is 0.471. The van der Waals surface area contributed by atoms with Gasteiger partial charge in [-0.15, -0.1) is 10.2 Å². The molecule has 0 saturated carbocycles. The minimum absolute atomic E-state index is 0.0297. The van der Waals surface area contributed by atoms with E-state index in [9.17, 15) is 18.0 Å². The average molecular weight is 452 g/mol. The van der Waals surface area contributed by atoms with Gasteiger partial charge in [0.15, 0.2) is 0 Å². The van der Waals surface area contributed by atoms with Crippen molar-refractivity contribution in [2.45, 2.75) is 45.7 Å². The molecule has 0 atom stereocenters. The second kappa shape index (κ2) is 9.51. The number of alkyl halides is 3. The second-order valence-electron chi connectivity index (χ2n) is 6.89. The lowest BCUT2D eigenvalue weighted by atomic mass is 10.0. The first-order chi connectivity index (χ1) is 14.7. The summed E-state index contributed by atoms with van der Waals surface area (Å²) in [5.74, 6) is -0.108. The summed E-state index contributed by atoms with van der Waals surface area (Å²) >= 11 is 6.26. The molecule has 5 nitrogen and oxygen atoms in total. The number of hydrogen-bond acceptors (Lipinski definition) is 4. The molecule has 31 heavy (non-hydrogen) atoms. The Hall–Kier alpha value is -2.87. The van der Waals surface area contributed by atoms with Gasteiger partial charge in [-0.2, -0.15) is 13.2 Å². The van der Waals surface area contributed by atoms with Gasteiger partial charge in [0.1, 0.15) is 0 Å². The van der Waals surface area contributed by atoms with Crippen LogP contribution in [0.25, 0.3) is 11.5 Å². The van der Waals surface area contributed by atoms with Crippen LogP contribution >= 0.6 is 11.6 Å². The molecule has 1 N–H and O–H groups in total. The fourth-order valence-corrected chi connectivity index (χ4v) is 3.48. The van der Waals surface area contributed by atoms with Crippen molar-refractivity contribution >= 4 is 23.2 Å². The third-order valence-electron chi connectivity index (χ3n) is 4.81. The maximum atomic E-state index is 12.9. The van der Waals surface area contributed by atoms with Crippen LogP contribution in [0.3, 0.4) is 0 Å². The van der Waals surface area contributed by atoms with Crippen LogP contribution in [0.4, 0.5) is 18.9 Å². The first kappa shape index (κ1) is 22.8. The summed E-state index contributed by atoms with van der Waals surface area (Å²) < 4.78 is 44.1. The summed E-state index contributed by atoms with van der Waals surface area (Å²) in [6.07, 6.45) is -2.83. The number of aromatic nitrogens is 2. The predicted octanol–water partition coefficient (Wildman–Crippen LogP) is 6.10. The van der Waals surface area contributed by atoms with Crippen molar-refractivity contribution < 1.29 is 22.4 Å². The SMILES string of the molecule is CCc1ccc(Cl)c(CC)c1NC(=O)CCc1nnc(-c2cccc(C(F)(F)F)c2)o1. The van der Waals surface area contributed by atoms with E-state index in [2.05, 4.69) is 15.5 Å². The van der Waals surface area contributed by atoms with Crippen molar-refractivity contribution in [1.82, 2.24) is 10.2 Å². The van der Waals surface area contributed by atoms with E-state index in [-0.39, 0.29) is 36.1 Å². The molecule has 0 saturated heterocycles. The Balaban J connectivity index is 1.68. The van der Waals surface area contributed by atoms with Gasteiger partial charge in [0, 0.05) is 29.1 Å². The smallest absolute Gasteiger partial charge is 0.416 e. The first-order valence-corrected chi connectivity index (χ1v) is 10.2. The number of nitrogens with zero attached hydrogens (tertiary/aromatic N) is 2. The number of rotatable bonds is 7. The Morgan fingerprint density at radius 2 is 1.90 bits per heavy atom. The number of nitrogens with one attached hydrogen (secondary N) is 1. The molecule has 0 bridgehead atoms. The van der Waals surface area contributed by atoms with Crippen LogP contribution in [-0.2, 0) is 30.2 Å². The molecule has 0 fully saturated rings. The van der Waals surface area contributed by atoms with Gasteiger partial charge in [-0.25, -0.2) is 0 Å². The normalized spacial score (nSPS) is 11.5. The van der Waals surface area contributed by atoms with Crippen LogP contribution in [0.5, 0.6) is 0 Å². The van der Waals surface area contributed by atoms with E-state index in [1.54, 1.807) is 0 Å². The molecule has 0 aliphatic carbocycles.